The molecule has 6 aromatic rings. The molecule has 394 valence electrons. The molecule has 0 aliphatic carbocycles. The van der Waals surface area contributed by atoms with Crippen LogP contribution in [-0.2, 0) is 0 Å². The van der Waals surface area contributed by atoms with E-state index in [-0.39, 0.29) is 0 Å². The first kappa shape index (κ1) is 59.0. The molecule has 0 heterocycles. The van der Waals surface area contributed by atoms with E-state index in [0.717, 1.165) is 0 Å². The number of hydrogen-bond acceptors (Lipinski definition) is 0. The van der Waals surface area contributed by atoms with Gasteiger partial charge in [-0.3, -0.25) is 0 Å². The van der Waals surface area contributed by atoms with E-state index in [1.807, 2.05) is 0 Å². The Morgan fingerprint density at radius 2 is 0.365 bits per heavy atom. The van der Waals surface area contributed by atoms with Gasteiger partial charge in [0.2, 0.25) is 0 Å². The SMILES string of the molecule is CC(C)c1cc(C(C)C)c(-c2cccc(-c3c(C(C)C)cc(C(C)C)cc3C(C)C)c2[Si]#[Si]c2c(-c3c(C(C)C)cc(C(C)C)cc3C(C)C)cccc2-c2c(C(C)C)cc(C(C)C)cc2C(C)C)c(C(C)C)c1. The van der Waals surface area contributed by atoms with Crippen LogP contribution >= 0.6 is 0 Å². The van der Waals surface area contributed by atoms with Gasteiger partial charge in [-0.15, -0.1) is 0 Å². The van der Waals surface area contributed by atoms with E-state index >= 15 is 0 Å². The normalized spacial score (nSPS) is 12.3. The second-order valence-corrected chi connectivity index (χ2v) is 28.9. The second-order valence-electron chi connectivity index (χ2n) is 25.9. The third-order valence-electron chi connectivity index (χ3n) is 16.0. The highest BCUT2D eigenvalue weighted by atomic mass is 28.7. The lowest BCUT2D eigenvalue weighted by molar-refractivity contribution is 0.807. The molecule has 2 heteroatoms. The fraction of sp³-hybridized carbons (Fsp3) is 0.500. The second kappa shape index (κ2) is 24.4. The smallest absolute Gasteiger partial charge is 0.00626 e. The van der Waals surface area contributed by atoms with E-state index in [1.54, 1.807) is 0 Å². The minimum absolute atomic E-state index is 0.369. The predicted molar refractivity (Wildman–Crippen MR) is 334 cm³/mol. The van der Waals surface area contributed by atoms with Crippen LogP contribution in [0.15, 0.2) is 84.9 Å². The molecule has 0 N–H and O–H groups in total. The summed E-state index contributed by atoms with van der Waals surface area (Å²) in [6, 6.07) is 35.5. The fourth-order valence-electron chi connectivity index (χ4n) is 11.4. The third kappa shape index (κ3) is 12.3. The molecule has 0 aliphatic rings. The monoisotopic (exact) mass is 1020 g/mol. The maximum absolute atomic E-state index is 2.58. The zero-order valence-electron chi connectivity index (χ0n) is 51.0. The molecule has 0 atom stereocenters. The van der Waals surface area contributed by atoms with Crippen molar-refractivity contribution < 1.29 is 0 Å². The van der Waals surface area contributed by atoms with Gasteiger partial charge in [-0.2, -0.15) is 0 Å². The molecule has 0 spiro atoms. The van der Waals surface area contributed by atoms with Gasteiger partial charge in [0, 0.05) is 10.4 Å². The lowest BCUT2D eigenvalue weighted by atomic mass is 9.79. The summed E-state index contributed by atoms with van der Waals surface area (Å²) in [5, 5.41) is 3.06. The maximum atomic E-state index is 2.58. The average molecular weight is 1020 g/mol. The van der Waals surface area contributed by atoms with E-state index in [1.165, 1.54) is 122 Å². The molecule has 6 aromatic carbocycles. The Hall–Kier alpha value is -4.25. The van der Waals surface area contributed by atoms with Crippen LogP contribution in [-0.4, -0.2) is 16.8 Å². The Morgan fingerprint density at radius 3 is 0.486 bits per heavy atom. The molecule has 0 aliphatic heterocycles. The van der Waals surface area contributed by atoms with Crippen LogP contribution in [0.1, 0.15) is 304 Å². The molecule has 0 aromatic heterocycles. The van der Waals surface area contributed by atoms with Gasteiger partial charge in [0.1, 0.15) is 0 Å². The molecule has 0 saturated carbocycles. The standard InChI is InChI=1S/C72H98Si2/c1-39(2)51-31-59(43(9)10)67(60(32-51)44(11)12)55-27-25-28-56(68-61(45(13)14)33-52(40(3)4)34-62(68)46(15)16)71(55)73-74-72-57(69-63(47(17)18)35-53(41(5)6)36-64(69)48(19)20)29-26-30-58(72)70-65(49(21)22)37-54(42(7)8)38-66(70)50(23)24/h25-50H,1-24H3. The van der Waals surface area contributed by atoms with Gasteiger partial charge in [0.25, 0.3) is 0 Å². The summed E-state index contributed by atoms with van der Waals surface area (Å²) in [7, 11) is 1.08. The molecule has 0 bridgehead atoms. The first-order valence-corrected chi connectivity index (χ1v) is 32.2. The van der Waals surface area contributed by atoms with Gasteiger partial charge in [-0.1, -0.05) is 251 Å². The molecule has 0 nitrogen and oxygen atoms in total. The Bertz CT molecular complexity index is 2510. The molecule has 0 radical (unpaired) electrons. The van der Waals surface area contributed by atoms with Crippen molar-refractivity contribution in [2.75, 3.05) is 0 Å². The maximum Gasteiger partial charge on any atom is 0.00626 e. The van der Waals surface area contributed by atoms with Crippen LogP contribution in [0.3, 0.4) is 0 Å². The first-order chi connectivity index (χ1) is 34.7. The summed E-state index contributed by atoms with van der Waals surface area (Å²) >= 11 is 0. The van der Waals surface area contributed by atoms with E-state index in [4.69, 9.17) is 0 Å². The van der Waals surface area contributed by atoms with Crippen LogP contribution in [0.5, 0.6) is 0 Å². The fourth-order valence-corrected chi connectivity index (χ4v) is 15.4. The first-order valence-electron chi connectivity index (χ1n) is 29.2. The third-order valence-corrected chi connectivity index (χ3v) is 19.6. The van der Waals surface area contributed by atoms with Crippen molar-refractivity contribution in [3.05, 3.63) is 152 Å². The van der Waals surface area contributed by atoms with Crippen LogP contribution in [0.25, 0.3) is 44.5 Å². The molecule has 6 rings (SSSR count). The topological polar surface area (TPSA) is 0 Å². The summed E-state index contributed by atoms with van der Waals surface area (Å²) in [6.07, 6.45) is 0. The van der Waals surface area contributed by atoms with E-state index in [2.05, 4.69) is 251 Å². The number of benzene rings is 6. The van der Waals surface area contributed by atoms with E-state index in [9.17, 15) is 0 Å². The summed E-state index contributed by atoms with van der Waals surface area (Å²) < 4.78 is 0. The largest absolute Gasteiger partial charge is 0.0610 e. The van der Waals surface area contributed by atoms with Crippen molar-refractivity contribution in [1.82, 2.24) is 0 Å². The minimum atomic E-state index is 0.369. The average Bonchev–Trinajstić information content (AvgIpc) is 3.33. The van der Waals surface area contributed by atoms with Crippen molar-refractivity contribution in [2.45, 2.75) is 237 Å². The van der Waals surface area contributed by atoms with Crippen molar-refractivity contribution in [2.24, 2.45) is 0 Å². The van der Waals surface area contributed by atoms with Crippen molar-refractivity contribution >= 4 is 27.2 Å². The van der Waals surface area contributed by atoms with Crippen LogP contribution in [0.4, 0.5) is 0 Å². The number of hydrogen-bond donors (Lipinski definition) is 0. The van der Waals surface area contributed by atoms with Gasteiger partial charge in [-0.05, 0) is 199 Å². The van der Waals surface area contributed by atoms with Gasteiger partial charge >= 0.3 is 0 Å². The highest BCUT2D eigenvalue weighted by Gasteiger charge is 2.28. The Balaban J connectivity index is 1.97. The lowest BCUT2D eigenvalue weighted by Crippen LogP contribution is -2.23. The quantitative estimate of drug-likeness (QED) is 0.0848. The highest BCUT2D eigenvalue weighted by Crippen LogP contribution is 2.45. The molecular weight excluding hydrogens is 921 g/mol. The van der Waals surface area contributed by atoms with Crippen LogP contribution in [0, 0.1) is 0 Å². The van der Waals surface area contributed by atoms with Crippen LogP contribution < -0.4 is 10.4 Å². The molecule has 0 amide bonds. The Morgan fingerprint density at radius 1 is 0.216 bits per heavy atom. The molecule has 74 heavy (non-hydrogen) atoms. The summed E-state index contributed by atoms with van der Waals surface area (Å²) in [5.41, 5.74) is 29.3. The highest BCUT2D eigenvalue weighted by molar-refractivity contribution is 6.80. The molecule has 0 saturated heterocycles. The predicted octanol–water partition coefficient (Wildman–Crippen LogP) is 21.1. The molecular formula is C72H98Si2. The van der Waals surface area contributed by atoms with Crippen LogP contribution in [0.2, 0.25) is 0 Å². The van der Waals surface area contributed by atoms with Gasteiger partial charge < -0.3 is 0 Å². The summed E-state index contributed by atoms with van der Waals surface area (Å²) in [5.74, 6) is 4.76. The molecule has 0 unspecified atom stereocenters. The zero-order chi connectivity index (χ0) is 54.9. The van der Waals surface area contributed by atoms with Gasteiger partial charge in [0.15, 0.2) is 0 Å². The van der Waals surface area contributed by atoms with Gasteiger partial charge in [-0.25, -0.2) is 0 Å². The zero-order valence-corrected chi connectivity index (χ0v) is 53.0. The van der Waals surface area contributed by atoms with E-state index in [0.29, 0.717) is 87.8 Å². The Kier molecular flexibility index (Phi) is 19.4. The van der Waals surface area contributed by atoms with E-state index < -0.39 is 0 Å². The number of rotatable bonds is 16. The van der Waals surface area contributed by atoms with Crippen molar-refractivity contribution in [3.8, 4) is 44.5 Å². The summed E-state index contributed by atoms with van der Waals surface area (Å²) in [6.45, 7) is 57.7. The van der Waals surface area contributed by atoms with Crippen molar-refractivity contribution in [1.29, 1.82) is 0 Å². The Labute approximate surface area is 458 Å². The summed E-state index contributed by atoms with van der Waals surface area (Å²) in [4.78, 5) is 0. The minimum Gasteiger partial charge on any atom is -0.0610 e. The lowest BCUT2D eigenvalue weighted by Gasteiger charge is -2.28. The molecule has 0 fully saturated rings. The van der Waals surface area contributed by atoms with Crippen molar-refractivity contribution in [3.63, 3.8) is 0 Å². The van der Waals surface area contributed by atoms with Gasteiger partial charge in [0.05, 0.1) is 0 Å².